The van der Waals surface area contributed by atoms with E-state index in [1.807, 2.05) is 42.5 Å². The van der Waals surface area contributed by atoms with Gasteiger partial charge in [0.25, 0.3) is 0 Å². The van der Waals surface area contributed by atoms with Gasteiger partial charge < -0.3 is 10.1 Å². The molecule has 0 amide bonds. The Kier molecular flexibility index (Phi) is 3.80. The van der Waals surface area contributed by atoms with Crippen molar-refractivity contribution >= 4 is 17.8 Å². The van der Waals surface area contributed by atoms with Crippen molar-refractivity contribution in [3.8, 4) is 0 Å². The van der Waals surface area contributed by atoms with E-state index in [2.05, 4.69) is 18.3 Å². The van der Waals surface area contributed by atoms with Gasteiger partial charge in [0, 0.05) is 17.2 Å². The normalized spacial score (nSPS) is 20.8. The van der Waals surface area contributed by atoms with Crippen LogP contribution in [0.1, 0.15) is 47.2 Å². The molecule has 22 heavy (non-hydrogen) atoms. The van der Waals surface area contributed by atoms with Crippen molar-refractivity contribution in [2.45, 2.75) is 31.7 Å². The number of aldehydes is 1. The van der Waals surface area contributed by atoms with Gasteiger partial charge in [-0.3, -0.25) is 4.79 Å². The zero-order chi connectivity index (χ0) is 15.7. The average molecular weight is 293 g/mol. The molecule has 0 aromatic heterocycles. The lowest BCUT2D eigenvalue weighted by Gasteiger charge is -2.25. The molecule has 3 unspecified atom stereocenters. The Morgan fingerprint density at radius 1 is 1.14 bits per heavy atom. The van der Waals surface area contributed by atoms with Crippen molar-refractivity contribution in [3.05, 3.63) is 65.2 Å². The summed E-state index contributed by atoms with van der Waals surface area (Å²) in [6.07, 6.45) is 0.970. The molecular weight excluding hydrogens is 274 g/mol. The first-order valence-electron chi connectivity index (χ1n) is 7.54. The van der Waals surface area contributed by atoms with Crippen molar-refractivity contribution in [2.24, 2.45) is 0 Å². The van der Waals surface area contributed by atoms with E-state index in [1.54, 1.807) is 6.92 Å². The number of carbonyl (C=O) groups excluding carboxylic acids is 2. The third kappa shape index (κ3) is 2.33. The molecular formula is C19H19NO2. The molecule has 3 atom stereocenters. The van der Waals surface area contributed by atoms with Crippen molar-refractivity contribution in [2.75, 3.05) is 5.32 Å². The minimum absolute atomic E-state index is 0.0363. The Balaban J connectivity index is 2.06. The fraction of sp³-hybridized carbons (Fsp3) is 0.263. The van der Waals surface area contributed by atoms with Crippen LogP contribution in [0.15, 0.2) is 48.5 Å². The molecule has 0 saturated carbocycles. The zero-order valence-corrected chi connectivity index (χ0v) is 12.7. The molecule has 3 nitrogen and oxygen atoms in total. The number of rotatable bonds is 4. The molecule has 0 aliphatic carbocycles. The number of benzene rings is 2. The van der Waals surface area contributed by atoms with Gasteiger partial charge in [-0.25, -0.2) is 0 Å². The number of hydrogen-bond donors (Lipinski definition) is 1. The van der Waals surface area contributed by atoms with E-state index in [4.69, 9.17) is 0 Å². The van der Waals surface area contributed by atoms with Crippen LogP contribution in [0.4, 0.5) is 5.69 Å². The summed E-state index contributed by atoms with van der Waals surface area (Å²) in [4.78, 5) is 23.4. The minimum Gasteiger partial charge on any atom is -0.375 e. The van der Waals surface area contributed by atoms with Crippen molar-refractivity contribution in [3.63, 3.8) is 0 Å². The number of ketones is 1. The standard InChI is InChI=1S/C19H19NO2/c1-12(14-7-3-4-8-15(14)13(2)22)19-16-9-5-6-10-17(16)20-18(19)11-21/h3-12,18-20H,1-2H3. The lowest BCUT2D eigenvalue weighted by atomic mass is 9.78. The van der Waals surface area contributed by atoms with E-state index in [0.29, 0.717) is 0 Å². The quantitative estimate of drug-likeness (QED) is 0.689. The first-order valence-corrected chi connectivity index (χ1v) is 7.54. The van der Waals surface area contributed by atoms with Crippen molar-refractivity contribution in [1.29, 1.82) is 0 Å². The van der Waals surface area contributed by atoms with Gasteiger partial charge in [-0.2, -0.15) is 0 Å². The summed E-state index contributed by atoms with van der Waals surface area (Å²) in [5.74, 6) is 0.171. The summed E-state index contributed by atoms with van der Waals surface area (Å²) in [7, 11) is 0. The Labute approximate surface area is 130 Å². The van der Waals surface area contributed by atoms with Gasteiger partial charge in [-0.05, 0) is 30.0 Å². The molecule has 2 aromatic carbocycles. The lowest BCUT2D eigenvalue weighted by Crippen LogP contribution is -2.26. The summed E-state index contributed by atoms with van der Waals surface area (Å²) in [5.41, 5.74) is 3.90. The second-order valence-corrected chi connectivity index (χ2v) is 5.85. The highest BCUT2D eigenvalue weighted by Gasteiger charge is 2.36. The number of para-hydroxylation sites is 1. The van der Waals surface area contributed by atoms with Gasteiger partial charge >= 0.3 is 0 Å². The fourth-order valence-electron chi connectivity index (χ4n) is 3.49. The van der Waals surface area contributed by atoms with E-state index in [0.717, 1.165) is 28.7 Å². The molecule has 0 bridgehead atoms. The summed E-state index contributed by atoms with van der Waals surface area (Å²) in [5, 5.41) is 3.28. The average Bonchev–Trinajstić information content (AvgIpc) is 2.92. The van der Waals surface area contributed by atoms with Crippen LogP contribution in [-0.4, -0.2) is 18.1 Å². The van der Waals surface area contributed by atoms with Gasteiger partial charge in [-0.15, -0.1) is 0 Å². The molecule has 112 valence electrons. The Hall–Kier alpha value is -2.42. The topological polar surface area (TPSA) is 46.2 Å². The Bertz CT molecular complexity index is 723. The van der Waals surface area contributed by atoms with Crippen LogP contribution in [0.2, 0.25) is 0 Å². The maximum atomic E-state index is 11.9. The molecule has 1 heterocycles. The zero-order valence-electron chi connectivity index (χ0n) is 12.7. The number of fused-ring (bicyclic) bond motifs is 1. The van der Waals surface area contributed by atoms with Gasteiger partial charge in [0.2, 0.25) is 0 Å². The molecule has 0 saturated heterocycles. The fourth-order valence-corrected chi connectivity index (χ4v) is 3.49. The number of hydrogen-bond acceptors (Lipinski definition) is 3. The molecule has 3 rings (SSSR count). The maximum Gasteiger partial charge on any atom is 0.160 e. The largest absolute Gasteiger partial charge is 0.375 e. The van der Waals surface area contributed by atoms with Gasteiger partial charge in [0.1, 0.15) is 6.29 Å². The number of carbonyl (C=O) groups is 2. The van der Waals surface area contributed by atoms with Crippen molar-refractivity contribution < 1.29 is 9.59 Å². The highest BCUT2D eigenvalue weighted by molar-refractivity contribution is 5.95. The molecule has 3 heteroatoms. The van der Waals surface area contributed by atoms with Crippen LogP contribution in [0.3, 0.4) is 0 Å². The van der Waals surface area contributed by atoms with Crippen LogP contribution in [-0.2, 0) is 4.79 Å². The highest BCUT2D eigenvalue weighted by atomic mass is 16.1. The van der Waals surface area contributed by atoms with Gasteiger partial charge in [-0.1, -0.05) is 49.4 Å². The van der Waals surface area contributed by atoms with Crippen LogP contribution >= 0.6 is 0 Å². The first kappa shape index (κ1) is 14.5. The van der Waals surface area contributed by atoms with Gasteiger partial charge in [0.05, 0.1) is 6.04 Å². The second-order valence-electron chi connectivity index (χ2n) is 5.85. The van der Waals surface area contributed by atoms with E-state index < -0.39 is 0 Å². The number of anilines is 1. The smallest absolute Gasteiger partial charge is 0.160 e. The van der Waals surface area contributed by atoms with Crippen LogP contribution < -0.4 is 5.32 Å². The predicted molar refractivity (Wildman–Crippen MR) is 87.5 cm³/mol. The minimum atomic E-state index is -0.257. The molecule has 2 aromatic rings. The van der Waals surface area contributed by atoms with Crippen LogP contribution in [0.5, 0.6) is 0 Å². The molecule has 1 aliphatic rings. The summed E-state index contributed by atoms with van der Waals surface area (Å²) >= 11 is 0. The SMILES string of the molecule is CC(=O)c1ccccc1C(C)C1c2ccccc2NC1C=O. The molecule has 0 fully saturated rings. The molecule has 1 N–H and O–H groups in total. The van der Waals surface area contributed by atoms with E-state index in [-0.39, 0.29) is 23.7 Å². The molecule has 0 spiro atoms. The lowest BCUT2D eigenvalue weighted by molar-refractivity contribution is -0.108. The van der Waals surface area contributed by atoms with Crippen LogP contribution in [0, 0.1) is 0 Å². The number of nitrogens with one attached hydrogen (secondary N) is 1. The monoisotopic (exact) mass is 293 g/mol. The third-order valence-corrected chi connectivity index (χ3v) is 4.54. The summed E-state index contributed by atoms with van der Waals surface area (Å²) in [6, 6.07) is 15.4. The molecule has 1 aliphatic heterocycles. The highest BCUT2D eigenvalue weighted by Crippen LogP contribution is 2.44. The summed E-state index contributed by atoms with van der Waals surface area (Å²) in [6.45, 7) is 3.68. The Morgan fingerprint density at radius 2 is 1.82 bits per heavy atom. The van der Waals surface area contributed by atoms with E-state index in [9.17, 15) is 9.59 Å². The third-order valence-electron chi connectivity index (χ3n) is 4.54. The second kappa shape index (κ2) is 5.76. The predicted octanol–water partition coefficient (Wildman–Crippen LogP) is 3.77. The maximum absolute atomic E-state index is 11.9. The summed E-state index contributed by atoms with van der Waals surface area (Å²) < 4.78 is 0. The molecule has 0 radical (unpaired) electrons. The van der Waals surface area contributed by atoms with Crippen molar-refractivity contribution in [1.82, 2.24) is 0 Å². The first-order chi connectivity index (χ1) is 10.6. The number of Topliss-reactive ketones (excluding diaryl/α,β-unsaturated/α-hetero) is 1. The van der Waals surface area contributed by atoms with Crippen LogP contribution in [0.25, 0.3) is 0 Å². The van der Waals surface area contributed by atoms with E-state index >= 15 is 0 Å². The van der Waals surface area contributed by atoms with Gasteiger partial charge in [0.15, 0.2) is 5.78 Å². The Morgan fingerprint density at radius 3 is 2.55 bits per heavy atom. The van der Waals surface area contributed by atoms with E-state index in [1.165, 1.54) is 0 Å².